The molecule has 0 aliphatic carbocycles. The van der Waals surface area contributed by atoms with E-state index in [9.17, 15) is 4.79 Å². The molecule has 0 spiro atoms. The molecule has 1 saturated heterocycles. The van der Waals surface area contributed by atoms with Gasteiger partial charge in [-0.05, 0) is 44.1 Å². The maximum Gasteiger partial charge on any atom is 0.267 e. The topological polar surface area (TPSA) is 46.5 Å². The number of nitrogens with one attached hydrogen (secondary N) is 1. The van der Waals surface area contributed by atoms with Gasteiger partial charge in [0.25, 0.3) is 5.91 Å². The largest absolute Gasteiger partial charge is 0.496 e. The maximum absolute atomic E-state index is 12.4. The van der Waals surface area contributed by atoms with Crippen molar-refractivity contribution in [3.05, 3.63) is 30.0 Å². The fraction of sp³-hybridized carbons (Fsp3) is 0.471. The molecule has 0 saturated carbocycles. The Balaban J connectivity index is 1.71. The second-order valence-corrected chi connectivity index (χ2v) is 5.79. The van der Waals surface area contributed by atoms with Crippen LogP contribution < -0.4 is 10.1 Å². The summed E-state index contributed by atoms with van der Waals surface area (Å²) in [7, 11) is 3.56. The van der Waals surface area contributed by atoms with E-state index in [-0.39, 0.29) is 5.91 Å². The minimum absolute atomic E-state index is 0.0278. The zero-order valence-corrected chi connectivity index (χ0v) is 13.3. The predicted octanol–water partition coefficient (Wildman–Crippen LogP) is 2.01. The Morgan fingerprint density at radius 3 is 2.82 bits per heavy atom. The summed E-state index contributed by atoms with van der Waals surface area (Å²) in [4.78, 5) is 14.8. The highest BCUT2D eigenvalue weighted by Gasteiger charge is 2.16. The van der Waals surface area contributed by atoms with E-state index in [1.807, 2.05) is 35.9 Å². The van der Waals surface area contributed by atoms with Crippen LogP contribution in [0.5, 0.6) is 5.75 Å². The van der Waals surface area contributed by atoms with Crippen LogP contribution >= 0.6 is 0 Å². The Labute approximate surface area is 130 Å². The molecule has 22 heavy (non-hydrogen) atoms. The molecule has 0 atom stereocenters. The van der Waals surface area contributed by atoms with Crippen LogP contribution in [0.4, 0.5) is 0 Å². The molecule has 5 heteroatoms. The molecule has 2 aromatic rings. The second-order valence-electron chi connectivity index (χ2n) is 5.79. The van der Waals surface area contributed by atoms with E-state index in [1.165, 1.54) is 12.8 Å². The smallest absolute Gasteiger partial charge is 0.267 e. The first kappa shape index (κ1) is 14.9. The fourth-order valence-corrected chi connectivity index (χ4v) is 3.15. The van der Waals surface area contributed by atoms with E-state index in [1.54, 1.807) is 7.11 Å². The first-order valence-corrected chi connectivity index (χ1v) is 7.83. The van der Waals surface area contributed by atoms with E-state index in [0.717, 1.165) is 36.3 Å². The molecular formula is C17H23N3O2. The lowest BCUT2D eigenvalue weighted by molar-refractivity contribution is 0.0942. The maximum atomic E-state index is 12.4. The minimum atomic E-state index is -0.0278. The highest BCUT2D eigenvalue weighted by Crippen LogP contribution is 2.27. The van der Waals surface area contributed by atoms with Crippen molar-refractivity contribution in [3.63, 3.8) is 0 Å². The highest BCUT2D eigenvalue weighted by molar-refractivity contribution is 6.00. The average Bonchev–Trinajstić information content (AvgIpc) is 3.15. The van der Waals surface area contributed by atoms with Crippen molar-refractivity contribution in [2.75, 3.05) is 33.3 Å². The quantitative estimate of drug-likeness (QED) is 0.919. The number of carbonyl (C=O) groups is 1. The summed E-state index contributed by atoms with van der Waals surface area (Å²) in [5, 5.41) is 3.99. The number of fused-ring (bicyclic) bond motifs is 1. The van der Waals surface area contributed by atoms with Crippen molar-refractivity contribution in [1.29, 1.82) is 0 Å². The molecule has 1 aromatic carbocycles. The van der Waals surface area contributed by atoms with Gasteiger partial charge in [0.1, 0.15) is 11.4 Å². The van der Waals surface area contributed by atoms with Crippen LogP contribution in [0, 0.1) is 0 Å². The number of carbonyl (C=O) groups excluding carboxylic acids is 1. The van der Waals surface area contributed by atoms with E-state index in [2.05, 4.69) is 10.2 Å². The SMILES string of the molecule is COc1cccc2c1cc(C(=O)NCCN1CCCC1)n2C. The van der Waals surface area contributed by atoms with E-state index < -0.39 is 0 Å². The van der Waals surface area contributed by atoms with Crippen LogP contribution in [0.25, 0.3) is 10.9 Å². The van der Waals surface area contributed by atoms with Gasteiger partial charge in [-0.15, -0.1) is 0 Å². The number of amides is 1. The number of methoxy groups -OCH3 is 1. The van der Waals surface area contributed by atoms with Crippen LogP contribution in [0.1, 0.15) is 23.3 Å². The molecule has 2 heterocycles. The highest BCUT2D eigenvalue weighted by atomic mass is 16.5. The predicted molar refractivity (Wildman–Crippen MR) is 87.5 cm³/mol. The molecule has 0 radical (unpaired) electrons. The number of aryl methyl sites for hydroxylation is 1. The summed E-state index contributed by atoms with van der Waals surface area (Å²) < 4.78 is 7.29. The Bertz CT molecular complexity index is 672. The molecule has 118 valence electrons. The van der Waals surface area contributed by atoms with E-state index in [0.29, 0.717) is 12.2 Å². The third kappa shape index (κ3) is 2.81. The lowest BCUT2D eigenvalue weighted by atomic mass is 10.2. The lowest BCUT2D eigenvalue weighted by Gasteiger charge is -2.14. The van der Waals surface area contributed by atoms with Crippen LogP contribution in [0.15, 0.2) is 24.3 Å². The molecule has 1 aromatic heterocycles. The zero-order chi connectivity index (χ0) is 15.5. The van der Waals surface area contributed by atoms with Crippen LogP contribution in [-0.2, 0) is 7.05 Å². The van der Waals surface area contributed by atoms with E-state index >= 15 is 0 Å². The van der Waals surface area contributed by atoms with Gasteiger partial charge in [0.2, 0.25) is 0 Å². The number of hydrogen-bond acceptors (Lipinski definition) is 3. The first-order valence-electron chi connectivity index (χ1n) is 7.83. The molecule has 3 rings (SSSR count). The van der Waals surface area contributed by atoms with E-state index in [4.69, 9.17) is 4.74 Å². The molecule has 1 aliphatic rings. The average molecular weight is 301 g/mol. The van der Waals surface area contributed by atoms with Gasteiger partial charge in [-0.2, -0.15) is 0 Å². The fourth-order valence-electron chi connectivity index (χ4n) is 3.15. The molecule has 0 unspecified atom stereocenters. The monoisotopic (exact) mass is 301 g/mol. The van der Waals surface area contributed by atoms with Gasteiger partial charge in [0, 0.05) is 25.5 Å². The number of rotatable bonds is 5. The summed E-state index contributed by atoms with van der Waals surface area (Å²) in [6.45, 7) is 3.93. The van der Waals surface area contributed by atoms with Gasteiger partial charge in [0.05, 0.1) is 12.6 Å². The second kappa shape index (κ2) is 6.40. The Morgan fingerprint density at radius 2 is 2.09 bits per heavy atom. The van der Waals surface area contributed by atoms with Gasteiger partial charge in [-0.25, -0.2) is 0 Å². The van der Waals surface area contributed by atoms with Gasteiger partial charge in [0.15, 0.2) is 0 Å². The zero-order valence-electron chi connectivity index (χ0n) is 13.3. The van der Waals surface area contributed by atoms with Gasteiger partial charge in [-0.1, -0.05) is 6.07 Å². The molecule has 1 N–H and O–H groups in total. The van der Waals surface area contributed by atoms with Crippen molar-refractivity contribution in [2.45, 2.75) is 12.8 Å². The van der Waals surface area contributed by atoms with Crippen LogP contribution in [0.3, 0.4) is 0 Å². The normalized spacial score (nSPS) is 15.4. The number of aromatic nitrogens is 1. The van der Waals surface area contributed by atoms with Crippen molar-refractivity contribution < 1.29 is 9.53 Å². The Hall–Kier alpha value is -2.01. The number of benzene rings is 1. The summed E-state index contributed by atoms with van der Waals surface area (Å²) in [5.41, 5.74) is 1.67. The van der Waals surface area contributed by atoms with Gasteiger partial charge >= 0.3 is 0 Å². The van der Waals surface area contributed by atoms with Crippen molar-refractivity contribution >= 4 is 16.8 Å². The number of likely N-dealkylation sites (tertiary alicyclic amines) is 1. The molecule has 1 aliphatic heterocycles. The van der Waals surface area contributed by atoms with Gasteiger partial charge in [-0.3, -0.25) is 4.79 Å². The van der Waals surface area contributed by atoms with Crippen LogP contribution in [-0.4, -0.2) is 48.7 Å². The lowest BCUT2D eigenvalue weighted by Crippen LogP contribution is -2.34. The molecule has 1 amide bonds. The molecule has 0 bridgehead atoms. The molecule has 1 fully saturated rings. The van der Waals surface area contributed by atoms with Crippen LogP contribution in [0.2, 0.25) is 0 Å². The van der Waals surface area contributed by atoms with Gasteiger partial charge < -0.3 is 19.5 Å². The Morgan fingerprint density at radius 1 is 1.32 bits per heavy atom. The number of nitrogens with zero attached hydrogens (tertiary/aromatic N) is 2. The number of hydrogen-bond donors (Lipinski definition) is 1. The van der Waals surface area contributed by atoms with Crippen molar-refractivity contribution in [2.24, 2.45) is 7.05 Å². The summed E-state index contributed by atoms with van der Waals surface area (Å²) in [6, 6.07) is 7.76. The molecular weight excluding hydrogens is 278 g/mol. The van der Waals surface area contributed by atoms with Crippen molar-refractivity contribution in [3.8, 4) is 5.75 Å². The van der Waals surface area contributed by atoms with Crippen molar-refractivity contribution in [1.82, 2.24) is 14.8 Å². The summed E-state index contributed by atoms with van der Waals surface area (Å²) in [5.74, 6) is 0.768. The first-order chi connectivity index (χ1) is 10.7. The molecule has 5 nitrogen and oxygen atoms in total. The summed E-state index contributed by atoms with van der Waals surface area (Å²) in [6.07, 6.45) is 2.55. The standard InChI is InChI=1S/C17H23N3O2/c1-19-14-6-5-7-16(22-2)13(14)12-15(19)17(21)18-8-11-20-9-3-4-10-20/h5-7,12H,3-4,8-11H2,1-2H3,(H,18,21). The third-order valence-corrected chi connectivity index (χ3v) is 4.41. The Kier molecular flexibility index (Phi) is 4.34. The number of ether oxygens (including phenoxy) is 1. The summed E-state index contributed by atoms with van der Waals surface area (Å²) >= 11 is 0. The minimum Gasteiger partial charge on any atom is -0.496 e. The third-order valence-electron chi connectivity index (χ3n) is 4.41.